The highest BCUT2D eigenvalue weighted by molar-refractivity contribution is 6.07. The average Bonchev–Trinajstić information content (AvgIpc) is 2.85. The van der Waals surface area contributed by atoms with E-state index in [1.807, 2.05) is 25.1 Å². The summed E-state index contributed by atoms with van der Waals surface area (Å²) in [4.78, 5) is 15.6. The number of carbonyl (C=O) groups is 1. The fraction of sp³-hybridized carbons (Fsp3) is 0.438. The molecule has 5 nitrogen and oxygen atoms in total. The van der Waals surface area contributed by atoms with E-state index in [9.17, 15) is 4.79 Å². The number of fused-ring (bicyclic) bond motifs is 1. The van der Waals surface area contributed by atoms with E-state index < -0.39 is 0 Å². The number of ether oxygens (including phenoxy) is 1. The molecule has 2 aromatic rings. The summed E-state index contributed by atoms with van der Waals surface area (Å²) in [6.07, 6.45) is 1.72. The first-order chi connectivity index (χ1) is 10.0. The molecule has 2 rings (SSSR count). The van der Waals surface area contributed by atoms with Gasteiger partial charge >= 0.3 is 0 Å². The third-order valence-corrected chi connectivity index (χ3v) is 3.57. The molecular formula is C16H23N3O2. The topological polar surface area (TPSA) is 80.1 Å². The van der Waals surface area contributed by atoms with Crippen molar-refractivity contribution in [3.8, 4) is 0 Å². The van der Waals surface area contributed by atoms with E-state index in [0.717, 1.165) is 10.9 Å². The van der Waals surface area contributed by atoms with Gasteiger partial charge in [-0.05, 0) is 31.0 Å². The number of anilines is 1. The summed E-state index contributed by atoms with van der Waals surface area (Å²) in [7, 11) is 0. The zero-order chi connectivity index (χ0) is 15.4. The van der Waals surface area contributed by atoms with E-state index in [-0.39, 0.29) is 11.9 Å². The van der Waals surface area contributed by atoms with Gasteiger partial charge in [-0.15, -0.1) is 0 Å². The summed E-state index contributed by atoms with van der Waals surface area (Å²) in [5, 5.41) is 3.88. The van der Waals surface area contributed by atoms with E-state index in [1.165, 1.54) is 0 Å². The van der Waals surface area contributed by atoms with Crippen molar-refractivity contribution >= 4 is 22.5 Å². The van der Waals surface area contributed by atoms with E-state index in [1.54, 1.807) is 6.20 Å². The van der Waals surface area contributed by atoms with Crippen molar-refractivity contribution in [2.75, 3.05) is 18.9 Å². The lowest BCUT2D eigenvalue weighted by atomic mass is 10.0. The number of nitrogens with one attached hydrogen (secondary N) is 2. The lowest BCUT2D eigenvalue weighted by molar-refractivity contribution is 0.0807. The quantitative estimate of drug-likeness (QED) is 0.715. The molecule has 4 N–H and O–H groups in total. The molecule has 0 saturated carbocycles. The van der Waals surface area contributed by atoms with Crippen LogP contribution in [0.5, 0.6) is 0 Å². The molecule has 0 spiro atoms. The molecule has 1 amide bonds. The molecule has 114 valence electrons. The average molecular weight is 289 g/mol. The number of H-pyrrole nitrogens is 1. The Morgan fingerprint density at radius 1 is 1.43 bits per heavy atom. The van der Waals surface area contributed by atoms with Crippen LogP contribution in [0.3, 0.4) is 0 Å². The van der Waals surface area contributed by atoms with Gasteiger partial charge in [0.2, 0.25) is 0 Å². The number of carbonyl (C=O) groups excluding carboxylic acids is 1. The Bertz CT molecular complexity index is 619. The molecule has 0 bridgehead atoms. The van der Waals surface area contributed by atoms with Gasteiger partial charge in [-0.25, -0.2) is 0 Å². The minimum Gasteiger partial charge on any atom is -0.399 e. The predicted molar refractivity (Wildman–Crippen MR) is 85.3 cm³/mol. The molecular weight excluding hydrogens is 266 g/mol. The van der Waals surface area contributed by atoms with E-state index in [0.29, 0.717) is 30.4 Å². The van der Waals surface area contributed by atoms with Crippen LogP contribution in [0.1, 0.15) is 31.1 Å². The first-order valence-corrected chi connectivity index (χ1v) is 7.28. The third kappa shape index (κ3) is 3.55. The van der Waals surface area contributed by atoms with Crippen LogP contribution in [0, 0.1) is 5.92 Å². The van der Waals surface area contributed by atoms with E-state index >= 15 is 0 Å². The Balaban J connectivity index is 2.19. The number of amides is 1. The van der Waals surface area contributed by atoms with Crippen LogP contribution in [0.15, 0.2) is 24.4 Å². The van der Waals surface area contributed by atoms with Crippen molar-refractivity contribution in [3.05, 3.63) is 30.0 Å². The Kier molecular flexibility index (Phi) is 4.85. The highest BCUT2D eigenvalue weighted by atomic mass is 16.5. The predicted octanol–water partition coefficient (Wildman–Crippen LogP) is 2.54. The molecule has 0 aliphatic carbocycles. The standard InChI is InChI=1S/C16H23N3O2/c1-4-21-9-15(10(2)3)19-16(20)13-8-18-14-6-5-11(17)7-12(13)14/h5-8,10,15,18H,4,9,17H2,1-3H3,(H,19,20). The normalized spacial score (nSPS) is 12.8. The molecule has 1 aromatic carbocycles. The smallest absolute Gasteiger partial charge is 0.253 e. The molecule has 5 heteroatoms. The minimum atomic E-state index is -0.106. The Morgan fingerprint density at radius 3 is 2.86 bits per heavy atom. The number of hydrogen-bond donors (Lipinski definition) is 3. The molecule has 0 aliphatic rings. The second-order valence-electron chi connectivity index (χ2n) is 5.49. The monoisotopic (exact) mass is 289 g/mol. The van der Waals surface area contributed by atoms with Crippen LogP contribution in [0.25, 0.3) is 10.9 Å². The maximum Gasteiger partial charge on any atom is 0.253 e. The summed E-state index contributed by atoms with van der Waals surface area (Å²) in [6, 6.07) is 5.49. The van der Waals surface area contributed by atoms with Gasteiger partial charge in [0.1, 0.15) is 0 Å². The minimum absolute atomic E-state index is 0.0107. The SMILES string of the molecule is CCOCC(NC(=O)c1c[nH]c2ccc(N)cc12)C(C)C. The Labute approximate surface area is 124 Å². The molecule has 0 aliphatic heterocycles. The van der Waals surface area contributed by atoms with Crippen molar-refractivity contribution in [1.29, 1.82) is 0 Å². The van der Waals surface area contributed by atoms with Gasteiger partial charge in [0.05, 0.1) is 18.2 Å². The van der Waals surface area contributed by atoms with Crippen molar-refractivity contribution in [2.45, 2.75) is 26.8 Å². The third-order valence-electron chi connectivity index (χ3n) is 3.57. The Morgan fingerprint density at radius 2 is 2.19 bits per heavy atom. The van der Waals surface area contributed by atoms with Crippen LogP contribution >= 0.6 is 0 Å². The largest absolute Gasteiger partial charge is 0.399 e. The van der Waals surface area contributed by atoms with Crippen molar-refractivity contribution in [1.82, 2.24) is 10.3 Å². The molecule has 1 atom stereocenters. The first-order valence-electron chi connectivity index (χ1n) is 7.28. The van der Waals surface area contributed by atoms with Crippen molar-refractivity contribution in [2.24, 2.45) is 5.92 Å². The lowest BCUT2D eigenvalue weighted by Gasteiger charge is -2.22. The highest BCUT2D eigenvalue weighted by Crippen LogP contribution is 2.21. The van der Waals surface area contributed by atoms with Crippen LogP contribution in [0.2, 0.25) is 0 Å². The summed E-state index contributed by atoms with van der Waals surface area (Å²) in [5.41, 5.74) is 7.96. The summed E-state index contributed by atoms with van der Waals surface area (Å²) in [5.74, 6) is 0.195. The molecule has 0 saturated heterocycles. The van der Waals surface area contributed by atoms with Crippen LogP contribution < -0.4 is 11.1 Å². The zero-order valence-corrected chi connectivity index (χ0v) is 12.8. The zero-order valence-electron chi connectivity index (χ0n) is 12.8. The molecule has 1 unspecified atom stereocenters. The van der Waals surface area contributed by atoms with Gasteiger partial charge in [-0.1, -0.05) is 13.8 Å². The summed E-state index contributed by atoms with van der Waals surface area (Å²) < 4.78 is 5.44. The van der Waals surface area contributed by atoms with Crippen molar-refractivity contribution in [3.63, 3.8) is 0 Å². The second kappa shape index (κ2) is 6.63. The van der Waals surface area contributed by atoms with Gasteiger partial charge in [-0.3, -0.25) is 4.79 Å². The molecule has 1 heterocycles. The second-order valence-corrected chi connectivity index (χ2v) is 5.49. The van der Waals surface area contributed by atoms with Crippen molar-refractivity contribution < 1.29 is 9.53 Å². The van der Waals surface area contributed by atoms with Crippen LogP contribution in [-0.4, -0.2) is 30.1 Å². The van der Waals surface area contributed by atoms with E-state index in [4.69, 9.17) is 10.5 Å². The van der Waals surface area contributed by atoms with Crippen LogP contribution in [-0.2, 0) is 4.74 Å². The summed E-state index contributed by atoms with van der Waals surface area (Å²) in [6.45, 7) is 7.24. The lowest BCUT2D eigenvalue weighted by Crippen LogP contribution is -2.41. The fourth-order valence-electron chi connectivity index (χ4n) is 2.22. The highest BCUT2D eigenvalue weighted by Gasteiger charge is 2.19. The van der Waals surface area contributed by atoms with Gasteiger partial charge < -0.3 is 20.8 Å². The number of nitrogens with two attached hydrogens (primary N) is 1. The first kappa shape index (κ1) is 15.4. The van der Waals surface area contributed by atoms with Gasteiger partial charge in [0, 0.05) is 29.4 Å². The maximum absolute atomic E-state index is 12.5. The molecule has 0 fully saturated rings. The van der Waals surface area contributed by atoms with Gasteiger partial charge in [0.15, 0.2) is 0 Å². The molecule has 1 aromatic heterocycles. The molecule has 0 radical (unpaired) electrons. The number of rotatable bonds is 6. The summed E-state index contributed by atoms with van der Waals surface area (Å²) >= 11 is 0. The molecule has 21 heavy (non-hydrogen) atoms. The number of aromatic nitrogens is 1. The number of hydrogen-bond acceptors (Lipinski definition) is 3. The number of aromatic amines is 1. The van der Waals surface area contributed by atoms with Gasteiger partial charge in [0.25, 0.3) is 5.91 Å². The number of benzene rings is 1. The van der Waals surface area contributed by atoms with Crippen LogP contribution in [0.4, 0.5) is 5.69 Å². The Hall–Kier alpha value is -2.01. The fourth-order valence-corrected chi connectivity index (χ4v) is 2.22. The maximum atomic E-state index is 12.5. The number of nitrogen functional groups attached to an aromatic ring is 1. The van der Waals surface area contributed by atoms with E-state index in [2.05, 4.69) is 24.1 Å². The van der Waals surface area contributed by atoms with Gasteiger partial charge in [-0.2, -0.15) is 0 Å².